The van der Waals surface area contributed by atoms with Crippen molar-refractivity contribution in [1.29, 1.82) is 0 Å². The molecule has 1 aromatic carbocycles. The molecule has 9 heteroatoms. The number of carbonyl (C=O) groups excluding carboxylic acids is 2. The van der Waals surface area contributed by atoms with Gasteiger partial charge in [-0.05, 0) is 63.1 Å². The Morgan fingerprint density at radius 1 is 1.00 bits per heavy atom. The van der Waals surface area contributed by atoms with Crippen molar-refractivity contribution < 1.29 is 19.1 Å². The molecule has 2 fully saturated rings. The van der Waals surface area contributed by atoms with Gasteiger partial charge in [-0.2, -0.15) is 5.10 Å². The van der Waals surface area contributed by atoms with Crippen molar-refractivity contribution in [1.82, 2.24) is 24.9 Å². The van der Waals surface area contributed by atoms with Crippen LogP contribution in [0.25, 0.3) is 0 Å². The molecule has 200 valence electrons. The van der Waals surface area contributed by atoms with E-state index in [9.17, 15) is 9.59 Å². The van der Waals surface area contributed by atoms with Crippen molar-refractivity contribution in [2.75, 3.05) is 52.5 Å². The van der Waals surface area contributed by atoms with Crippen LogP contribution in [-0.2, 0) is 24.1 Å². The van der Waals surface area contributed by atoms with Crippen LogP contribution in [0.15, 0.2) is 24.3 Å². The number of amides is 2. The molecule has 3 aliphatic rings. The summed E-state index contributed by atoms with van der Waals surface area (Å²) in [4.78, 5) is 31.2. The van der Waals surface area contributed by atoms with Crippen LogP contribution in [0.2, 0.25) is 0 Å². The van der Waals surface area contributed by atoms with Crippen molar-refractivity contribution in [2.45, 2.75) is 52.0 Å². The summed E-state index contributed by atoms with van der Waals surface area (Å²) in [6.45, 7) is 8.30. The van der Waals surface area contributed by atoms with Crippen molar-refractivity contribution >= 4 is 12.0 Å². The molecular weight excluding hydrogens is 470 g/mol. The highest BCUT2D eigenvalue weighted by Crippen LogP contribution is 2.26. The van der Waals surface area contributed by atoms with Crippen LogP contribution < -0.4 is 4.74 Å². The van der Waals surface area contributed by atoms with Crippen molar-refractivity contribution in [3.8, 4) is 5.75 Å². The van der Waals surface area contributed by atoms with Gasteiger partial charge >= 0.3 is 6.09 Å². The fraction of sp³-hybridized carbons (Fsp3) is 0.607. The number of nitrogens with one attached hydrogen (secondary N) is 1. The Balaban J connectivity index is 1.07. The Labute approximate surface area is 219 Å². The summed E-state index contributed by atoms with van der Waals surface area (Å²) >= 11 is 0. The SMILES string of the molecule is CCOC(=O)N1CCN(Cc2ccc(OC[C@@H]3CCCN(C(=O)c4n[nH]c5c4CCCC5)C3)cc2)CC1. The molecule has 5 rings (SSSR count). The number of aromatic amines is 1. The minimum absolute atomic E-state index is 0.0662. The Morgan fingerprint density at radius 3 is 2.57 bits per heavy atom. The first-order chi connectivity index (χ1) is 18.1. The first kappa shape index (κ1) is 25.6. The number of piperidine rings is 1. The van der Waals surface area contributed by atoms with Crippen molar-refractivity contribution in [2.24, 2.45) is 5.92 Å². The van der Waals surface area contributed by atoms with E-state index >= 15 is 0 Å². The molecule has 0 radical (unpaired) electrons. The molecular formula is C28H39N5O4. The lowest BCUT2D eigenvalue weighted by molar-refractivity contribution is 0.0626. The maximum atomic E-state index is 13.2. The Bertz CT molecular complexity index is 1060. The van der Waals surface area contributed by atoms with Crippen LogP contribution in [0.5, 0.6) is 5.75 Å². The number of hydrogen-bond donors (Lipinski definition) is 1. The average Bonchev–Trinajstić information content (AvgIpc) is 3.37. The average molecular weight is 510 g/mol. The lowest BCUT2D eigenvalue weighted by Gasteiger charge is -2.34. The highest BCUT2D eigenvalue weighted by atomic mass is 16.6. The zero-order chi connectivity index (χ0) is 25.6. The van der Waals surface area contributed by atoms with E-state index in [2.05, 4.69) is 27.2 Å². The molecule has 0 saturated carbocycles. The second-order valence-electron chi connectivity index (χ2n) is 10.4. The lowest BCUT2D eigenvalue weighted by Crippen LogP contribution is -2.48. The maximum Gasteiger partial charge on any atom is 0.409 e. The molecule has 2 aliphatic heterocycles. The van der Waals surface area contributed by atoms with Gasteiger partial charge in [0.05, 0.1) is 13.2 Å². The second-order valence-corrected chi connectivity index (χ2v) is 10.4. The number of H-pyrrole nitrogens is 1. The molecule has 1 aliphatic carbocycles. The number of aryl methyl sites for hydroxylation is 1. The third-order valence-electron chi connectivity index (χ3n) is 7.78. The Morgan fingerprint density at radius 2 is 1.78 bits per heavy atom. The molecule has 3 heterocycles. The van der Waals surface area contributed by atoms with Crippen LogP contribution >= 0.6 is 0 Å². The molecule has 1 atom stereocenters. The van der Waals surface area contributed by atoms with E-state index in [4.69, 9.17) is 9.47 Å². The molecule has 1 aromatic heterocycles. The summed E-state index contributed by atoms with van der Waals surface area (Å²) in [6.07, 6.45) is 6.10. The number of likely N-dealkylation sites (tertiary alicyclic amines) is 1. The number of benzene rings is 1. The highest BCUT2D eigenvalue weighted by molar-refractivity contribution is 5.94. The number of aromatic nitrogens is 2. The highest BCUT2D eigenvalue weighted by Gasteiger charge is 2.29. The number of rotatable bonds is 7. The third-order valence-corrected chi connectivity index (χ3v) is 7.78. The largest absolute Gasteiger partial charge is 0.493 e. The van der Waals surface area contributed by atoms with Gasteiger partial charge in [-0.3, -0.25) is 14.8 Å². The number of ether oxygens (including phenoxy) is 2. The van der Waals surface area contributed by atoms with E-state index in [0.29, 0.717) is 37.9 Å². The van der Waals surface area contributed by atoms with Crippen LogP contribution in [0.4, 0.5) is 4.79 Å². The smallest absolute Gasteiger partial charge is 0.409 e. The van der Waals surface area contributed by atoms with E-state index < -0.39 is 0 Å². The summed E-state index contributed by atoms with van der Waals surface area (Å²) in [7, 11) is 0. The normalized spacial score (nSPS) is 20.4. The van der Waals surface area contributed by atoms with Gasteiger partial charge in [-0.15, -0.1) is 0 Å². The van der Waals surface area contributed by atoms with Gasteiger partial charge in [0, 0.05) is 63.0 Å². The first-order valence-corrected chi connectivity index (χ1v) is 13.8. The van der Waals surface area contributed by atoms with Gasteiger partial charge in [0.2, 0.25) is 0 Å². The minimum atomic E-state index is -0.214. The van der Waals surface area contributed by atoms with E-state index in [1.54, 1.807) is 4.90 Å². The maximum absolute atomic E-state index is 13.2. The molecule has 37 heavy (non-hydrogen) atoms. The Kier molecular flexibility index (Phi) is 8.28. The molecule has 9 nitrogen and oxygen atoms in total. The van der Waals surface area contributed by atoms with Gasteiger partial charge in [-0.1, -0.05) is 12.1 Å². The van der Waals surface area contributed by atoms with Gasteiger partial charge < -0.3 is 19.3 Å². The molecule has 2 amide bonds. The van der Waals surface area contributed by atoms with Crippen LogP contribution in [0.1, 0.15) is 59.9 Å². The van der Waals surface area contributed by atoms with E-state index in [-0.39, 0.29) is 12.0 Å². The van der Waals surface area contributed by atoms with Crippen LogP contribution in [-0.4, -0.2) is 89.4 Å². The minimum Gasteiger partial charge on any atom is -0.493 e. The fourth-order valence-electron chi connectivity index (χ4n) is 5.66. The van der Waals surface area contributed by atoms with Crippen LogP contribution in [0.3, 0.4) is 0 Å². The van der Waals surface area contributed by atoms with E-state index in [1.807, 2.05) is 24.0 Å². The summed E-state index contributed by atoms with van der Waals surface area (Å²) in [5, 5.41) is 7.49. The lowest BCUT2D eigenvalue weighted by atomic mass is 9.94. The third kappa shape index (κ3) is 6.26. The van der Waals surface area contributed by atoms with E-state index in [0.717, 1.165) is 81.8 Å². The van der Waals surface area contributed by atoms with Gasteiger partial charge in [0.25, 0.3) is 5.91 Å². The summed E-state index contributed by atoms with van der Waals surface area (Å²) in [5.74, 6) is 1.25. The monoisotopic (exact) mass is 509 g/mol. The second kappa shape index (κ2) is 12.0. The quantitative estimate of drug-likeness (QED) is 0.615. The predicted octanol–water partition coefficient (Wildman–Crippen LogP) is 3.49. The standard InChI is InChI=1S/C28H39N5O4/c1-2-36-28(35)32-16-14-31(15-17-32)18-21-9-11-23(12-10-21)37-20-22-6-5-13-33(19-22)27(34)26-24-7-3-4-8-25(24)29-30-26/h9-12,22H,2-8,13-20H2,1H3,(H,29,30)/t22-/m1/s1. The van der Waals surface area contributed by atoms with Gasteiger partial charge in [0.15, 0.2) is 5.69 Å². The first-order valence-electron chi connectivity index (χ1n) is 13.8. The van der Waals surface area contributed by atoms with Crippen LogP contribution in [0, 0.1) is 5.92 Å². The molecule has 0 unspecified atom stereocenters. The van der Waals surface area contributed by atoms with Crippen molar-refractivity contribution in [3.05, 3.63) is 46.8 Å². The number of nitrogens with zero attached hydrogens (tertiary/aromatic N) is 4. The predicted molar refractivity (Wildman–Crippen MR) is 140 cm³/mol. The topological polar surface area (TPSA) is 91.0 Å². The van der Waals surface area contributed by atoms with E-state index in [1.165, 1.54) is 12.0 Å². The van der Waals surface area contributed by atoms with Crippen molar-refractivity contribution in [3.63, 3.8) is 0 Å². The number of hydrogen-bond acceptors (Lipinski definition) is 6. The zero-order valence-electron chi connectivity index (χ0n) is 21.9. The number of fused-ring (bicyclic) bond motifs is 1. The molecule has 2 aromatic rings. The summed E-state index contributed by atoms with van der Waals surface area (Å²) in [5.41, 5.74) is 4.15. The fourth-order valence-corrected chi connectivity index (χ4v) is 5.66. The Hall–Kier alpha value is -3.07. The molecule has 1 N–H and O–H groups in total. The molecule has 0 bridgehead atoms. The number of carbonyl (C=O) groups is 2. The summed E-state index contributed by atoms with van der Waals surface area (Å²) in [6, 6.07) is 8.30. The summed E-state index contributed by atoms with van der Waals surface area (Å²) < 4.78 is 11.2. The zero-order valence-corrected chi connectivity index (χ0v) is 21.9. The molecule has 0 spiro atoms. The molecule has 2 saturated heterocycles. The van der Waals surface area contributed by atoms with Gasteiger partial charge in [-0.25, -0.2) is 4.79 Å². The van der Waals surface area contributed by atoms with Gasteiger partial charge in [0.1, 0.15) is 5.75 Å². The number of piperazine rings is 1.